The highest BCUT2D eigenvalue weighted by Gasteiger charge is 2.27. The molecule has 2 rings (SSSR count). The quantitative estimate of drug-likeness (QED) is 0.873. The van der Waals surface area contributed by atoms with Gasteiger partial charge in [0.2, 0.25) is 0 Å². The van der Waals surface area contributed by atoms with Crippen molar-refractivity contribution in [3.8, 4) is 0 Å². The maximum absolute atomic E-state index is 6.14. The molecule has 0 aromatic heterocycles. The number of likely N-dealkylation sites (tertiary alicyclic amines) is 1. The number of benzene rings is 1. The number of halogens is 2. The molecule has 1 aromatic rings. The van der Waals surface area contributed by atoms with Gasteiger partial charge in [-0.1, -0.05) is 27.5 Å². The SMILES string of the molecule is COCC1CCCN(C(CN)c2cc(Cl)ccc2Br)C1. The molecule has 0 spiro atoms. The zero-order chi connectivity index (χ0) is 14.5. The lowest BCUT2D eigenvalue weighted by molar-refractivity contribution is 0.0695. The monoisotopic (exact) mass is 360 g/mol. The second-order valence-electron chi connectivity index (χ2n) is 5.38. The Kier molecular flexibility index (Phi) is 6.30. The van der Waals surface area contributed by atoms with Gasteiger partial charge >= 0.3 is 0 Å². The highest BCUT2D eigenvalue weighted by Crippen LogP contribution is 2.32. The molecule has 20 heavy (non-hydrogen) atoms. The van der Waals surface area contributed by atoms with Gasteiger partial charge in [0.25, 0.3) is 0 Å². The highest BCUT2D eigenvalue weighted by atomic mass is 79.9. The molecule has 2 atom stereocenters. The van der Waals surface area contributed by atoms with Crippen LogP contribution < -0.4 is 5.73 Å². The largest absolute Gasteiger partial charge is 0.384 e. The van der Waals surface area contributed by atoms with Gasteiger partial charge in [-0.05, 0) is 49.1 Å². The van der Waals surface area contributed by atoms with Crippen LogP contribution in [0, 0.1) is 5.92 Å². The molecule has 1 aliphatic heterocycles. The van der Waals surface area contributed by atoms with Crippen LogP contribution in [0.1, 0.15) is 24.4 Å². The second kappa shape index (κ2) is 7.76. The molecular weight excluding hydrogens is 340 g/mol. The van der Waals surface area contributed by atoms with E-state index in [0.29, 0.717) is 12.5 Å². The summed E-state index contributed by atoms with van der Waals surface area (Å²) in [5, 5.41) is 0.757. The van der Waals surface area contributed by atoms with Crippen LogP contribution in [0.15, 0.2) is 22.7 Å². The average Bonchev–Trinajstić information content (AvgIpc) is 2.44. The standard InChI is InChI=1S/C15H22BrClN2O/c1-20-10-11-3-2-6-19(9-11)15(8-18)13-7-12(17)4-5-14(13)16/h4-5,7,11,15H,2-3,6,8-10,18H2,1H3. The smallest absolute Gasteiger partial charge is 0.0502 e. The lowest BCUT2D eigenvalue weighted by Gasteiger charge is -2.38. The Bertz CT molecular complexity index is 442. The lowest BCUT2D eigenvalue weighted by atomic mass is 9.95. The number of hydrogen-bond acceptors (Lipinski definition) is 3. The molecule has 0 amide bonds. The molecule has 1 fully saturated rings. The van der Waals surface area contributed by atoms with Crippen LogP contribution >= 0.6 is 27.5 Å². The summed E-state index contributed by atoms with van der Waals surface area (Å²) in [5.41, 5.74) is 7.22. The zero-order valence-corrected chi connectivity index (χ0v) is 14.2. The predicted octanol–water partition coefficient (Wildman–Crippen LogP) is 3.46. The molecule has 2 unspecified atom stereocenters. The molecule has 112 valence electrons. The van der Waals surface area contributed by atoms with E-state index < -0.39 is 0 Å². The summed E-state index contributed by atoms with van der Waals surface area (Å²) in [6.07, 6.45) is 2.43. The number of methoxy groups -OCH3 is 1. The molecule has 0 bridgehead atoms. The van der Waals surface area contributed by atoms with Gasteiger partial charge in [-0.15, -0.1) is 0 Å². The third-order valence-electron chi connectivity index (χ3n) is 3.93. The molecule has 0 saturated carbocycles. The van der Waals surface area contributed by atoms with Crippen molar-refractivity contribution in [1.82, 2.24) is 4.90 Å². The molecular formula is C15H22BrClN2O. The molecule has 1 saturated heterocycles. The molecule has 0 radical (unpaired) electrons. The Morgan fingerprint density at radius 1 is 1.55 bits per heavy atom. The van der Waals surface area contributed by atoms with Gasteiger partial charge in [-0.3, -0.25) is 4.90 Å². The Balaban J connectivity index is 2.16. The second-order valence-corrected chi connectivity index (χ2v) is 6.67. The summed E-state index contributed by atoms with van der Waals surface area (Å²) in [6.45, 7) is 3.54. The van der Waals surface area contributed by atoms with Crippen molar-refractivity contribution in [3.63, 3.8) is 0 Å². The van der Waals surface area contributed by atoms with Crippen molar-refractivity contribution in [2.24, 2.45) is 11.7 Å². The van der Waals surface area contributed by atoms with Crippen molar-refractivity contribution in [2.45, 2.75) is 18.9 Å². The third-order valence-corrected chi connectivity index (χ3v) is 4.89. The number of piperidine rings is 1. The first-order valence-electron chi connectivity index (χ1n) is 7.03. The fourth-order valence-electron chi connectivity index (χ4n) is 2.99. The summed E-state index contributed by atoms with van der Waals surface area (Å²) < 4.78 is 6.38. The van der Waals surface area contributed by atoms with Crippen molar-refractivity contribution in [3.05, 3.63) is 33.3 Å². The van der Waals surface area contributed by atoms with E-state index in [1.165, 1.54) is 18.4 Å². The van der Waals surface area contributed by atoms with Crippen LogP contribution in [0.4, 0.5) is 0 Å². The van der Waals surface area contributed by atoms with Crippen molar-refractivity contribution >= 4 is 27.5 Å². The van der Waals surface area contributed by atoms with Crippen LogP contribution in [-0.2, 0) is 4.74 Å². The number of nitrogens with zero attached hydrogens (tertiary/aromatic N) is 1. The van der Waals surface area contributed by atoms with Crippen LogP contribution in [0.2, 0.25) is 5.02 Å². The number of ether oxygens (including phenoxy) is 1. The van der Waals surface area contributed by atoms with Crippen molar-refractivity contribution in [1.29, 1.82) is 0 Å². The Hall–Kier alpha value is -0.130. The Labute approximate surface area is 134 Å². The number of hydrogen-bond donors (Lipinski definition) is 1. The van der Waals surface area contributed by atoms with Crippen molar-refractivity contribution in [2.75, 3.05) is 33.4 Å². The first kappa shape index (κ1) is 16.2. The van der Waals surface area contributed by atoms with E-state index >= 15 is 0 Å². The summed E-state index contributed by atoms with van der Waals surface area (Å²) >= 11 is 9.75. The van der Waals surface area contributed by atoms with E-state index in [0.717, 1.165) is 29.2 Å². The molecule has 1 heterocycles. The van der Waals surface area contributed by atoms with Crippen LogP contribution in [0.5, 0.6) is 0 Å². The van der Waals surface area contributed by atoms with Gasteiger partial charge in [0.1, 0.15) is 0 Å². The summed E-state index contributed by atoms with van der Waals surface area (Å²) in [7, 11) is 1.77. The molecule has 1 aromatic carbocycles. The fraction of sp³-hybridized carbons (Fsp3) is 0.600. The van der Waals surface area contributed by atoms with Gasteiger partial charge in [0.15, 0.2) is 0 Å². The minimum Gasteiger partial charge on any atom is -0.384 e. The van der Waals surface area contributed by atoms with Gasteiger partial charge in [-0.25, -0.2) is 0 Å². The minimum absolute atomic E-state index is 0.211. The molecule has 2 N–H and O–H groups in total. The van der Waals surface area contributed by atoms with E-state index in [9.17, 15) is 0 Å². The molecule has 0 aliphatic carbocycles. The van der Waals surface area contributed by atoms with Gasteiger partial charge < -0.3 is 10.5 Å². The Morgan fingerprint density at radius 3 is 3.05 bits per heavy atom. The minimum atomic E-state index is 0.211. The first-order chi connectivity index (χ1) is 9.65. The highest BCUT2D eigenvalue weighted by molar-refractivity contribution is 9.10. The topological polar surface area (TPSA) is 38.5 Å². The molecule has 3 nitrogen and oxygen atoms in total. The normalized spacial score (nSPS) is 21.9. The van der Waals surface area contributed by atoms with E-state index in [2.05, 4.69) is 20.8 Å². The third kappa shape index (κ3) is 3.95. The zero-order valence-electron chi connectivity index (χ0n) is 11.8. The lowest BCUT2D eigenvalue weighted by Crippen LogP contribution is -2.42. The van der Waals surface area contributed by atoms with Gasteiger partial charge in [-0.2, -0.15) is 0 Å². The molecule has 5 heteroatoms. The number of nitrogens with two attached hydrogens (primary N) is 1. The van der Waals surface area contributed by atoms with Crippen LogP contribution in [0.3, 0.4) is 0 Å². The molecule has 1 aliphatic rings. The van der Waals surface area contributed by atoms with Crippen LogP contribution in [-0.4, -0.2) is 38.3 Å². The van der Waals surface area contributed by atoms with Gasteiger partial charge in [0, 0.05) is 35.7 Å². The van der Waals surface area contributed by atoms with Crippen molar-refractivity contribution < 1.29 is 4.74 Å². The summed E-state index contributed by atoms with van der Waals surface area (Å²) in [5.74, 6) is 0.598. The first-order valence-corrected chi connectivity index (χ1v) is 8.20. The summed E-state index contributed by atoms with van der Waals surface area (Å²) in [6, 6.07) is 6.12. The van der Waals surface area contributed by atoms with Gasteiger partial charge in [0.05, 0.1) is 6.61 Å². The fourth-order valence-corrected chi connectivity index (χ4v) is 3.69. The maximum Gasteiger partial charge on any atom is 0.0502 e. The van der Waals surface area contributed by atoms with E-state index in [-0.39, 0.29) is 6.04 Å². The van der Waals surface area contributed by atoms with E-state index in [4.69, 9.17) is 22.1 Å². The van der Waals surface area contributed by atoms with Crippen LogP contribution in [0.25, 0.3) is 0 Å². The predicted molar refractivity (Wildman–Crippen MR) is 87.1 cm³/mol. The van der Waals surface area contributed by atoms with E-state index in [1.54, 1.807) is 7.11 Å². The number of rotatable bonds is 5. The summed E-state index contributed by atoms with van der Waals surface area (Å²) in [4.78, 5) is 2.46. The Morgan fingerprint density at radius 2 is 2.35 bits per heavy atom. The van der Waals surface area contributed by atoms with E-state index in [1.807, 2.05) is 18.2 Å². The average molecular weight is 362 g/mol. The maximum atomic E-state index is 6.14.